The number of piperidine rings is 3. The van der Waals surface area contributed by atoms with Gasteiger partial charge in [-0.3, -0.25) is 4.90 Å². The molecular formula is C24H24N2O5. The molecule has 7 heteroatoms. The Morgan fingerprint density at radius 1 is 1.13 bits per heavy atom. The van der Waals surface area contributed by atoms with Crippen molar-refractivity contribution in [2.75, 3.05) is 25.0 Å². The minimum atomic E-state index is -1.02. The number of nitrogens with one attached hydrogen (secondary N) is 1. The first-order valence-electron chi connectivity index (χ1n) is 10.6. The van der Waals surface area contributed by atoms with Crippen molar-refractivity contribution in [1.82, 2.24) is 4.90 Å². The van der Waals surface area contributed by atoms with E-state index in [4.69, 9.17) is 9.15 Å². The third-order valence-corrected chi connectivity index (χ3v) is 6.33. The first-order valence-corrected chi connectivity index (χ1v) is 10.6. The summed E-state index contributed by atoms with van der Waals surface area (Å²) in [5.74, 6) is -0.974. The molecule has 3 saturated heterocycles. The summed E-state index contributed by atoms with van der Waals surface area (Å²) in [7, 11) is 0. The van der Waals surface area contributed by atoms with Gasteiger partial charge in [0.1, 0.15) is 11.7 Å². The molecule has 2 aromatic carbocycles. The van der Waals surface area contributed by atoms with Crippen molar-refractivity contribution in [1.29, 1.82) is 0 Å². The maximum absolute atomic E-state index is 13.3. The van der Waals surface area contributed by atoms with E-state index in [1.54, 1.807) is 18.4 Å². The minimum Gasteiger partial charge on any atom is -0.478 e. The number of ether oxygens (including phenoxy) is 1. The summed E-state index contributed by atoms with van der Waals surface area (Å²) in [5, 5.41) is 13.4. The molecule has 1 aromatic heterocycles. The molecule has 3 fully saturated rings. The molecule has 3 aliphatic rings. The van der Waals surface area contributed by atoms with E-state index in [9.17, 15) is 14.7 Å². The highest BCUT2D eigenvalue weighted by Crippen LogP contribution is 2.32. The Hall–Kier alpha value is -3.32. The Bertz CT molecular complexity index is 1120. The molecule has 6 rings (SSSR count). The monoisotopic (exact) mass is 420 g/mol. The first kappa shape index (κ1) is 19.6. The van der Waals surface area contributed by atoms with Crippen molar-refractivity contribution >= 4 is 28.6 Å². The molecule has 7 nitrogen and oxygen atoms in total. The van der Waals surface area contributed by atoms with Gasteiger partial charge in [0.25, 0.3) is 0 Å². The van der Waals surface area contributed by atoms with Gasteiger partial charge in [-0.05, 0) is 73.8 Å². The van der Waals surface area contributed by atoms with Gasteiger partial charge < -0.3 is 19.6 Å². The average Bonchev–Trinajstić information content (AvgIpc) is 3.26. The molecule has 3 aromatic rings. The van der Waals surface area contributed by atoms with E-state index in [-0.39, 0.29) is 17.6 Å². The number of hydrogen-bond donors (Lipinski definition) is 2. The number of anilines is 1. The largest absolute Gasteiger partial charge is 0.478 e. The molecule has 4 heterocycles. The standard InChI is InChI=1S/C24H24N2O5/c27-23(28)18-2-1-3-19(13-18)25-22(17-4-5-20-16(12-17)8-11-30-20)24(29)31-21-14-26-9-6-15(21)7-10-26/h1-5,8,11-13,15,21-22,25H,6-7,9-10,14H2,(H,27,28)/t21-,22?/m0/s1. The van der Waals surface area contributed by atoms with E-state index in [2.05, 4.69) is 10.2 Å². The lowest BCUT2D eigenvalue weighted by molar-refractivity contribution is -0.159. The zero-order valence-electron chi connectivity index (χ0n) is 17.0. The van der Waals surface area contributed by atoms with Crippen LogP contribution in [0.2, 0.25) is 0 Å². The smallest absolute Gasteiger partial charge is 0.335 e. The van der Waals surface area contributed by atoms with Crippen molar-refractivity contribution < 1.29 is 23.8 Å². The molecule has 31 heavy (non-hydrogen) atoms. The van der Waals surface area contributed by atoms with Crippen LogP contribution in [0.1, 0.15) is 34.8 Å². The quantitative estimate of drug-likeness (QED) is 0.584. The van der Waals surface area contributed by atoms with Crippen LogP contribution in [0.5, 0.6) is 0 Å². The first-order chi connectivity index (χ1) is 15.1. The SMILES string of the molecule is O=C(O)c1cccc(NC(C(=O)O[C@H]2CN3CCC2CC3)c2ccc3occc3c2)c1. The van der Waals surface area contributed by atoms with Crippen molar-refractivity contribution in [3.8, 4) is 0 Å². The zero-order chi connectivity index (χ0) is 21.4. The Kier molecular flexibility index (Phi) is 5.11. The van der Waals surface area contributed by atoms with Crippen LogP contribution in [0.15, 0.2) is 59.2 Å². The van der Waals surface area contributed by atoms with Gasteiger partial charge in [-0.2, -0.15) is 0 Å². The maximum Gasteiger partial charge on any atom is 0.335 e. The zero-order valence-corrected chi connectivity index (χ0v) is 17.0. The molecule has 2 N–H and O–H groups in total. The highest BCUT2D eigenvalue weighted by Gasteiger charge is 2.38. The number of carboxylic acid groups (broad SMARTS) is 1. The maximum atomic E-state index is 13.3. The van der Waals surface area contributed by atoms with Gasteiger partial charge >= 0.3 is 11.9 Å². The second kappa shape index (κ2) is 8.07. The van der Waals surface area contributed by atoms with Gasteiger partial charge in [0.05, 0.1) is 11.8 Å². The Morgan fingerprint density at radius 3 is 2.71 bits per heavy atom. The molecule has 0 spiro atoms. The van der Waals surface area contributed by atoms with Crippen LogP contribution in [0, 0.1) is 5.92 Å². The average molecular weight is 420 g/mol. The van der Waals surface area contributed by atoms with Gasteiger partial charge in [-0.15, -0.1) is 0 Å². The topological polar surface area (TPSA) is 92.0 Å². The number of aromatic carboxylic acids is 1. The van der Waals surface area contributed by atoms with E-state index < -0.39 is 12.0 Å². The normalized spacial score (nSPS) is 23.4. The summed E-state index contributed by atoms with van der Waals surface area (Å²) >= 11 is 0. The third-order valence-electron chi connectivity index (χ3n) is 6.33. The summed E-state index contributed by atoms with van der Waals surface area (Å²) in [5.41, 5.74) is 2.17. The van der Waals surface area contributed by atoms with Crippen LogP contribution in [-0.4, -0.2) is 47.7 Å². The number of carboxylic acids is 1. The molecule has 2 atom stereocenters. The molecule has 0 aliphatic carbocycles. The summed E-state index contributed by atoms with van der Waals surface area (Å²) in [6.45, 7) is 2.91. The van der Waals surface area contributed by atoms with Crippen LogP contribution in [0.25, 0.3) is 11.0 Å². The summed E-state index contributed by atoms with van der Waals surface area (Å²) in [6, 6.07) is 13.1. The number of carbonyl (C=O) groups excluding carboxylic acids is 1. The summed E-state index contributed by atoms with van der Waals surface area (Å²) in [6.07, 6.45) is 3.61. The van der Waals surface area contributed by atoms with Crippen LogP contribution >= 0.6 is 0 Å². The van der Waals surface area contributed by atoms with E-state index in [1.807, 2.05) is 24.3 Å². The van der Waals surface area contributed by atoms with E-state index in [0.29, 0.717) is 11.6 Å². The molecule has 1 unspecified atom stereocenters. The predicted molar refractivity (Wildman–Crippen MR) is 115 cm³/mol. The Balaban J connectivity index is 1.43. The van der Waals surface area contributed by atoms with Crippen molar-refractivity contribution in [3.63, 3.8) is 0 Å². The second-order valence-corrected chi connectivity index (χ2v) is 8.29. The lowest BCUT2D eigenvalue weighted by Crippen LogP contribution is -2.52. The summed E-state index contributed by atoms with van der Waals surface area (Å²) in [4.78, 5) is 27.0. The van der Waals surface area contributed by atoms with Gasteiger partial charge in [0.15, 0.2) is 6.04 Å². The van der Waals surface area contributed by atoms with Crippen LogP contribution in [0.3, 0.4) is 0 Å². The van der Waals surface area contributed by atoms with Crippen molar-refractivity contribution in [2.45, 2.75) is 25.0 Å². The number of fused-ring (bicyclic) bond motifs is 4. The Labute approximate surface area is 179 Å². The number of hydrogen-bond acceptors (Lipinski definition) is 6. The molecule has 0 amide bonds. The molecule has 0 saturated carbocycles. The third kappa shape index (κ3) is 4.01. The summed E-state index contributed by atoms with van der Waals surface area (Å²) < 4.78 is 11.4. The highest BCUT2D eigenvalue weighted by atomic mass is 16.5. The molecule has 3 aliphatic heterocycles. The van der Waals surface area contributed by atoms with Crippen molar-refractivity contribution in [3.05, 3.63) is 65.9 Å². The number of carbonyl (C=O) groups is 2. The van der Waals surface area contributed by atoms with Gasteiger partial charge in [0.2, 0.25) is 0 Å². The number of esters is 1. The van der Waals surface area contributed by atoms with E-state index in [1.165, 1.54) is 12.1 Å². The second-order valence-electron chi connectivity index (χ2n) is 8.29. The number of benzene rings is 2. The predicted octanol–water partition coefficient (Wildman–Crippen LogP) is 3.92. The number of nitrogens with zero attached hydrogens (tertiary/aromatic N) is 1. The molecule has 2 bridgehead atoms. The van der Waals surface area contributed by atoms with Gasteiger partial charge in [-0.25, -0.2) is 9.59 Å². The van der Waals surface area contributed by atoms with Gasteiger partial charge in [-0.1, -0.05) is 12.1 Å². The number of furan rings is 1. The van der Waals surface area contributed by atoms with E-state index in [0.717, 1.165) is 49.0 Å². The minimum absolute atomic E-state index is 0.109. The Morgan fingerprint density at radius 2 is 1.97 bits per heavy atom. The van der Waals surface area contributed by atoms with Crippen LogP contribution in [-0.2, 0) is 9.53 Å². The lowest BCUT2D eigenvalue weighted by atomic mass is 9.86. The fourth-order valence-corrected chi connectivity index (χ4v) is 4.61. The van der Waals surface area contributed by atoms with E-state index >= 15 is 0 Å². The fraction of sp³-hybridized carbons (Fsp3) is 0.333. The number of rotatable bonds is 6. The molecule has 160 valence electrons. The lowest BCUT2D eigenvalue weighted by Gasteiger charge is -2.44. The molecular weight excluding hydrogens is 396 g/mol. The van der Waals surface area contributed by atoms with Crippen LogP contribution < -0.4 is 5.32 Å². The molecule has 0 radical (unpaired) electrons. The highest BCUT2D eigenvalue weighted by molar-refractivity contribution is 5.89. The van der Waals surface area contributed by atoms with Crippen molar-refractivity contribution in [2.24, 2.45) is 5.92 Å². The van der Waals surface area contributed by atoms with Crippen LogP contribution in [0.4, 0.5) is 5.69 Å². The van der Waals surface area contributed by atoms with Gasteiger partial charge in [0, 0.05) is 17.6 Å². The fourth-order valence-electron chi connectivity index (χ4n) is 4.61.